The smallest absolute Gasteiger partial charge is 0.357 e. The number of pyridine rings is 2. The van der Waals surface area contributed by atoms with E-state index in [9.17, 15) is 18.0 Å². The highest BCUT2D eigenvalue weighted by atomic mass is 19.4. The number of anilines is 3. The minimum atomic E-state index is -4.39. The first-order valence-electron chi connectivity index (χ1n) is 10.2. The van der Waals surface area contributed by atoms with Crippen molar-refractivity contribution in [3.63, 3.8) is 0 Å². The molecular formula is C21H24F3N5O. The summed E-state index contributed by atoms with van der Waals surface area (Å²) >= 11 is 0. The summed E-state index contributed by atoms with van der Waals surface area (Å²) in [5.41, 5.74) is -0.0837. The van der Waals surface area contributed by atoms with Gasteiger partial charge in [0.15, 0.2) is 0 Å². The predicted molar refractivity (Wildman–Crippen MR) is 108 cm³/mol. The molecule has 4 heterocycles. The van der Waals surface area contributed by atoms with Crippen LogP contribution in [0.25, 0.3) is 0 Å². The van der Waals surface area contributed by atoms with Crippen LogP contribution in [-0.2, 0) is 11.0 Å². The molecule has 4 rings (SSSR count). The molecule has 1 amide bonds. The molecule has 30 heavy (non-hydrogen) atoms. The van der Waals surface area contributed by atoms with Crippen molar-refractivity contribution in [3.05, 3.63) is 42.2 Å². The Kier molecular flexibility index (Phi) is 5.78. The van der Waals surface area contributed by atoms with E-state index >= 15 is 0 Å². The quantitative estimate of drug-likeness (QED) is 0.813. The van der Waals surface area contributed by atoms with E-state index < -0.39 is 11.7 Å². The average molecular weight is 419 g/mol. The van der Waals surface area contributed by atoms with Crippen LogP contribution in [0.3, 0.4) is 0 Å². The molecule has 6 nitrogen and oxygen atoms in total. The molecule has 0 spiro atoms. The maximum absolute atomic E-state index is 12.7. The zero-order valence-corrected chi connectivity index (χ0v) is 16.5. The number of nitrogens with zero attached hydrogens (tertiary/aromatic N) is 4. The van der Waals surface area contributed by atoms with E-state index in [-0.39, 0.29) is 11.8 Å². The summed E-state index contributed by atoms with van der Waals surface area (Å²) in [5, 5.41) is 2.93. The van der Waals surface area contributed by atoms with Gasteiger partial charge in [-0.2, -0.15) is 13.2 Å². The Bertz CT molecular complexity index is 856. The Labute approximate surface area is 173 Å². The van der Waals surface area contributed by atoms with Gasteiger partial charge >= 0.3 is 6.18 Å². The number of aromatic nitrogens is 2. The summed E-state index contributed by atoms with van der Waals surface area (Å²) in [6.45, 7) is 3.18. The zero-order valence-electron chi connectivity index (χ0n) is 16.5. The minimum Gasteiger partial charge on any atom is -0.357 e. The molecule has 9 heteroatoms. The molecule has 2 aliphatic heterocycles. The predicted octanol–water partition coefficient (Wildman–Crippen LogP) is 3.95. The van der Waals surface area contributed by atoms with Crippen LogP contribution in [-0.4, -0.2) is 42.1 Å². The van der Waals surface area contributed by atoms with Gasteiger partial charge in [0.25, 0.3) is 0 Å². The standard InChI is InChI=1S/C21H24F3N5O/c22-21(23,24)16-3-5-18(25-13-16)29-11-7-15(8-12-29)20(30)27-17-4-6-19(26-14-17)28-9-1-2-10-28/h3-6,13-15H,1-2,7-12H2,(H,27,30). The highest BCUT2D eigenvalue weighted by Gasteiger charge is 2.31. The molecule has 2 aliphatic rings. The van der Waals surface area contributed by atoms with Crippen LogP contribution in [0.15, 0.2) is 36.7 Å². The van der Waals surface area contributed by atoms with Crippen LogP contribution in [0.4, 0.5) is 30.5 Å². The Balaban J connectivity index is 1.29. The van der Waals surface area contributed by atoms with Crippen LogP contribution in [0.5, 0.6) is 0 Å². The van der Waals surface area contributed by atoms with Gasteiger partial charge in [0.1, 0.15) is 11.6 Å². The molecule has 2 aromatic heterocycles. The normalized spacial score (nSPS) is 18.0. The summed E-state index contributed by atoms with van der Waals surface area (Å²) in [6.07, 6.45) is 1.75. The molecule has 1 N–H and O–H groups in total. The lowest BCUT2D eigenvalue weighted by Gasteiger charge is -2.32. The molecule has 0 radical (unpaired) electrons. The fraction of sp³-hybridized carbons (Fsp3) is 0.476. The van der Waals surface area contributed by atoms with Crippen molar-refractivity contribution in [1.29, 1.82) is 0 Å². The number of piperidine rings is 1. The lowest BCUT2D eigenvalue weighted by molar-refractivity contribution is -0.137. The van der Waals surface area contributed by atoms with Crippen molar-refractivity contribution < 1.29 is 18.0 Å². The lowest BCUT2D eigenvalue weighted by atomic mass is 9.96. The molecule has 0 aliphatic carbocycles. The van der Waals surface area contributed by atoms with Gasteiger partial charge in [-0.15, -0.1) is 0 Å². The Morgan fingerprint density at radius 1 is 0.900 bits per heavy atom. The van der Waals surface area contributed by atoms with E-state index in [2.05, 4.69) is 20.2 Å². The third-order valence-electron chi connectivity index (χ3n) is 5.71. The third kappa shape index (κ3) is 4.66. The average Bonchev–Trinajstić information content (AvgIpc) is 3.29. The van der Waals surface area contributed by atoms with Crippen LogP contribution < -0.4 is 15.1 Å². The SMILES string of the molecule is O=C(Nc1ccc(N2CCCC2)nc1)C1CCN(c2ccc(C(F)(F)F)cn2)CC1. The van der Waals surface area contributed by atoms with Crippen molar-refractivity contribution in [2.75, 3.05) is 41.3 Å². The summed E-state index contributed by atoms with van der Waals surface area (Å²) < 4.78 is 38.0. The molecule has 0 atom stereocenters. The number of nitrogens with one attached hydrogen (secondary N) is 1. The van der Waals surface area contributed by atoms with Crippen molar-refractivity contribution >= 4 is 23.2 Å². The van der Waals surface area contributed by atoms with Crippen molar-refractivity contribution in [2.45, 2.75) is 31.9 Å². The van der Waals surface area contributed by atoms with E-state index in [1.54, 1.807) is 6.20 Å². The number of amides is 1. The molecule has 2 aromatic rings. The summed E-state index contributed by atoms with van der Waals surface area (Å²) in [4.78, 5) is 25.1. The maximum atomic E-state index is 12.7. The van der Waals surface area contributed by atoms with Crippen LogP contribution in [0.2, 0.25) is 0 Å². The van der Waals surface area contributed by atoms with E-state index in [4.69, 9.17) is 0 Å². The molecule has 0 saturated carbocycles. The highest BCUT2D eigenvalue weighted by molar-refractivity contribution is 5.92. The van der Waals surface area contributed by atoms with Crippen LogP contribution in [0, 0.1) is 5.92 Å². The summed E-state index contributed by atoms with van der Waals surface area (Å²) in [5.74, 6) is 1.24. The third-order valence-corrected chi connectivity index (χ3v) is 5.71. The first kappa shape index (κ1) is 20.4. The number of halogens is 3. The molecular weight excluding hydrogens is 395 g/mol. The monoisotopic (exact) mass is 419 g/mol. The highest BCUT2D eigenvalue weighted by Crippen LogP contribution is 2.30. The van der Waals surface area contributed by atoms with Crippen molar-refractivity contribution in [3.8, 4) is 0 Å². The molecule has 160 valence electrons. The van der Waals surface area contributed by atoms with E-state index in [0.717, 1.165) is 31.2 Å². The first-order chi connectivity index (χ1) is 14.4. The number of hydrogen-bond donors (Lipinski definition) is 1. The van der Waals surface area contributed by atoms with Gasteiger partial charge in [-0.1, -0.05) is 0 Å². The van der Waals surface area contributed by atoms with Crippen molar-refractivity contribution in [1.82, 2.24) is 9.97 Å². The Morgan fingerprint density at radius 2 is 1.50 bits per heavy atom. The zero-order chi connectivity index (χ0) is 21.1. The molecule has 2 fully saturated rings. The molecule has 0 unspecified atom stereocenters. The summed E-state index contributed by atoms with van der Waals surface area (Å²) in [7, 11) is 0. The number of alkyl halides is 3. The van der Waals surface area contributed by atoms with Gasteiger partial charge in [-0.3, -0.25) is 4.79 Å². The fourth-order valence-electron chi connectivity index (χ4n) is 3.95. The molecule has 0 bridgehead atoms. The Morgan fingerprint density at radius 3 is 2.03 bits per heavy atom. The lowest BCUT2D eigenvalue weighted by Crippen LogP contribution is -2.38. The van der Waals surface area contributed by atoms with E-state index in [1.807, 2.05) is 17.0 Å². The molecule has 2 saturated heterocycles. The van der Waals surface area contributed by atoms with Crippen LogP contribution in [0.1, 0.15) is 31.2 Å². The van der Waals surface area contributed by atoms with Gasteiger partial charge in [-0.25, -0.2) is 9.97 Å². The van der Waals surface area contributed by atoms with E-state index in [1.165, 1.54) is 18.9 Å². The number of carbonyl (C=O) groups is 1. The number of carbonyl (C=O) groups excluding carboxylic acids is 1. The number of rotatable bonds is 4. The summed E-state index contributed by atoms with van der Waals surface area (Å²) in [6, 6.07) is 6.23. The second-order valence-electron chi connectivity index (χ2n) is 7.75. The minimum absolute atomic E-state index is 0.0502. The molecule has 0 aromatic carbocycles. The van der Waals surface area contributed by atoms with Gasteiger partial charge in [-0.05, 0) is 49.9 Å². The fourth-order valence-corrected chi connectivity index (χ4v) is 3.95. The Hall–Kier alpha value is -2.84. The second kappa shape index (κ2) is 8.49. The number of hydrogen-bond acceptors (Lipinski definition) is 5. The van der Waals surface area contributed by atoms with Crippen molar-refractivity contribution in [2.24, 2.45) is 5.92 Å². The topological polar surface area (TPSA) is 61.4 Å². The maximum Gasteiger partial charge on any atom is 0.417 e. The van der Waals surface area contributed by atoms with Gasteiger partial charge in [0.05, 0.1) is 17.4 Å². The van der Waals surface area contributed by atoms with Gasteiger partial charge < -0.3 is 15.1 Å². The first-order valence-corrected chi connectivity index (χ1v) is 10.2. The van der Waals surface area contributed by atoms with Gasteiger partial charge in [0.2, 0.25) is 5.91 Å². The largest absolute Gasteiger partial charge is 0.417 e. The van der Waals surface area contributed by atoms with Gasteiger partial charge in [0, 0.05) is 38.3 Å². The van der Waals surface area contributed by atoms with E-state index in [0.29, 0.717) is 37.4 Å². The second-order valence-corrected chi connectivity index (χ2v) is 7.75. The van der Waals surface area contributed by atoms with Crippen LogP contribution >= 0.6 is 0 Å².